The molecule has 6 heteroatoms. The Morgan fingerprint density at radius 1 is 0.897 bits per heavy atom. The van der Waals surface area contributed by atoms with Crippen LogP contribution in [0.4, 0.5) is 4.79 Å². The van der Waals surface area contributed by atoms with E-state index in [1.165, 1.54) is 6.92 Å². The number of carbonyl (C=O) groups is 3. The van der Waals surface area contributed by atoms with E-state index in [1.54, 1.807) is 13.8 Å². The summed E-state index contributed by atoms with van der Waals surface area (Å²) < 4.78 is 14.8. The molecule has 0 aliphatic heterocycles. The number of hydrogen-bond acceptors (Lipinski definition) is 6. The minimum Gasteiger partial charge on any atom is -0.465 e. The molecule has 29 heavy (non-hydrogen) atoms. The van der Waals surface area contributed by atoms with Crippen molar-refractivity contribution in [3.8, 4) is 11.1 Å². The zero-order chi connectivity index (χ0) is 21.0. The zero-order valence-corrected chi connectivity index (χ0v) is 16.7. The lowest BCUT2D eigenvalue weighted by molar-refractivity contribution is -0.152. The fourth-order valence-electron chi connectivity index (χ4n) is 3.41. The molecule has 2 aromatic carbocycles. The highest BCUT2D eigenvalue weighted by molar-refractivity contribution is 5.86. The van der Waals surface area contributed by atoms with Gasteiger partial charge in [0.1, 0.15) is 6.61 Å². The van der Waals surface area contributed by atoms with Crippen LogP contribution in [0, 0.1) is 5.92 Å². The molecule has 0 N–H and O–H groups in total. The van der Waals surface area contributed by atoms with Crippen LogP contribution in [-0.2, 0) is 23.8 Å². The van der Waals surface area contributed by atoms with E-state index in [1.807, 2.05) is 36.4 Å². The lowest BCUT2D eigenvalue weighted by atomic mass is 9.98. The van der Waals surface area contributed by atoms with Crippen molar-refractivity contribution in [2.45, 2.75) is 39.2 Å². The summed E-state index contributed by atoms with van der Waals surface area (Å²) in [7, 11) is 0. The van der Waals surface area contributed by atoms with Crippen LogP contribution in [0.5, 0.6) is 0 Å². The first-order valence-electron chi connectivity index (χ1n) is 9.63. The molecular weight excluding hydrogens is 372 g/mol. The van der Waals surface area contributed by atoms with Crippen molar-refractivity contribution in [3.05, 3.63) is 59.7 Å². The van der Waals surface area contributed by atoms with Crippen molar-refractivity contribution >= 4 is 18.1 Å². The molecule has 0 saturated heterocycles. The minimum atomic E-state index is -1.07. The quantitative estimate of drug-likeness (QED) is 0.530. The van der Waals surface area contributed by atoms with Crippen LogP contribution in [0.15, 0.2) is 48.5 Å². The van der Waals surface area contributed by atoms with Crippen LogP contribution >= 0.6 is 0 Å². The van der Waals surface area contributed by atoms with E-state index >= 15 is 0 Å². The van der Waals surface area contributed by atoms with Crippen LogP contribution in [0.1, 0.15) is 44.2 Å². The molecule has 3 rings (SSSR count). The summed E-state index contributed by atoms with van der Waals surface area (Å²) in [6, 6.07) is 16.1. The fourth-order valence-corrected chi connectivity index (χ4v) is 3.41. The molecule has 0 heterocycles. The number of esters is 2. The number of benzene rings is 2. The molecule has 0 fully saturated rings. The summed E-state index contributed by atoms with van der Waals surface area (Å²) in [5.74, 6) is -2.20. The van der Waals surface area contributed by atoms with Crippen molar-refractivity contribution < 1.29 is 28.6 Å². The van der Waals surface area contributed by atoms with Crippen LogP contribution in [-0.4, -0.2) is 30.8 Å². The van der Waals surface area contributed by atoms with Gasteiger partial charge in [0, 0.05) is 5.92 Å². The van der Waals surface area contributed by atoms with Gasteiger partial charge in [0.15, 0.2) is 0 Å². The maximum Gasteiger partial charge on any atom is 0.516 e. The van der Waals surface area contributed by atoms with E-state index in [9.17, 15) is 14.4 Å². The van der Waals surface area contributed by atoms with Gasteiger partial charge in [-0.25, -0.2) is 4.79 Å². The second-order valence-corrected chi connectivity index (χ2v) is 7.35. The molecule has 1 aliphatic carbocycles. The van der Waals surface area contributed by atoms with Crippen molar-refractivity contribution in [1.82, 2.24) is 0 Å². The molecule has 1 atom stereocenters. The summed E-state index contributed by atoms with van der Waals surface area (Å²) in [5, 5.41) is 0. The van der Waals surface area contributed by atoms with Crippen LogP contribution in [0.2, 0.25) is 0 Å². The van der Waals surface area contributed by atoms with Crippen LogP contribution in [0.25, 0.3) is 11.1 Å². The monoisotopic (exact) mass is 396 g/mol. The SMILES string of the molecule is CC(C)OC(=O)OC(=O)C(C)CC(=O)OCC1c2ccccc2-c2ccccc21. The summed E-state index contributed by atoms with van der Waals surface area (Å²) in [6.07, 6.45) is -1.64. The smallest absolute Gasteiger partial charge is 0.465 e. The number of rotatable bonds is 6. The molecule has 0 spiro atoms. The van der Waals surface area contributed by atoms with E-state index in [4.69, 9.17) is 9.47 Å². The predicted octanol–water partition coefficient (Wildman–Crippen LogP) is 4.46. The van der Waals surface area contributed by atoms with E-state index < -0.39 is 30.1 Å². The van der Waals surface area contributed by atoms with Crippen molar-refractivity contribution in [3.63, 3.8) is 0 Å². The molecule has 1 aliphatic rings. The summed E-state index contributed by atoms with van der Waals surface area (Å²) in [6.45, 7) is 4.98. The Bertz CT molecular complexity index is 872. The Balaban J connectivity index is 1.57. The second kappa shape index (κ2) is 8.90. The lowest BCUT2D eigenvalue weighted by Gasteiger charge is -2.15. The van der Waals surface area contributed by atoms with Gasteiger partial charge >= 0.3 is 18.1 Å². The number of hydrogen-bond donors (Lipinski definition) is 0. The van der Waals surface area contributed by atoms with Crippen molar-refractivity contribution in [1.29, 1.82) is 0 Å². The third kappa shape index (κ3) is 4.83. The second-order valence-electron chi connectivity index (χ2n) is 7.35. The molecule has 0 bridgehead atoms. The summed E-state index contributed by atoms with van der Waals surface area (Å²) >= 11 is 0. The van der Waals surface area contributed by atoms with Crippen molar-refractivity contribution in [2.75, 3.05) is 6.61 Å². The highest BCUT2D eigenvalue weighted by Crippen LogP contribution is 2.44. The first-order valence-corrected chi connectivity index (χ1v) is 9.63. The van der Waals surface area contributed by atoms with Gasteiger partial charge in [-0.15, -0.1) is 0 Å². The van der Waals surface area contributed by atoms with E-state index in [-0.39, 0.29) is 18.9 Å². The van der Waals surface area contributed by atoms with E-state index in [0.29, 0.717) is 0 Å². The van der Waals surface area contributed by atoms with Gasteiger partial charge in [0.25, 0.3) is 0 Å². The molecule has 0 amide bonds. The summed E-state index contributed by atoms with van der Waals surface area (Å²) in [5.41, 5.74) is 4.52. The number of fused-ring (bicyclic) bond motifs is 3. The lowest BCUT2D eigenvalue weighted by Crippen LogP contribution is -2.24. The first kappa shape index (κ1) is 20.6. The van der Waals surface area contributed by atoms with E-state index in [0.717, 1.165) is 22.3 Å². The highest BCUT2D eigenvalue weighted by atomic mass is 16.7. The average Bonchev–Trinajstić information content (AvgIpc) is 2.99. The van der Waals surface area contributed by atoms with Gasteiger partial charge in [0.2, 0.25) is 0 Å². The molecule has 0 aromatic heterocycles. The average molecular weight is 396 g/mol. The van der Waals surface area contributed by atoms with Gasteiger partial charge in [-0.2, -0.15) is 0 Å². The molecule has 152 valence electrons. The molecule has 2 aromatic rings. The largest absolute Gasteiger partial charge is 0.516 e. The normalized spacial score (nSPS) is 13.4. The van der Waals surface area contributed by atoms with Gasteiger partial charge < -0.3 is 14.2 Å². The first-order chi connectivity index (χ1) is 13.9. The van der Waals surface area contributed by atoms with Gasteiger partial charge in [-0.05, 0) is 36.1 Å². The van der Waals surface area contributed by atoms with Gasteiger partial charge in [-0.3, -0.25) is 9.59 Å². The zero-order valence-electron chi connectivity index (χ0n) is 16.7. The maximum atomic E-state index is 12.3. The maximum absolute atomic E-state index is 12.3. The minimum absolute atomic E-state index is 0.0466. The Morgan fingerprint density at radius 2 is 1.45 bits per heavy atom. The Kier molecular flexibility index (Phi) is 6.32. The molecule has 0 radical (unpaired) electrons. The standard InChI is InChI=1S/C23H24O6/c1-14(2)28-23(26)29-22(25)15(3)12-21(24)27-13-20-18-10-6-4-8-16(18)17-9-5-7-11-19(17)20/h4-11,14-15,20H,12-13H2,1-3H3. The van der Waals surface area contributed by atoms with Crippen molar-refractivity contribution in [2.24, 2.45) is 5.92 Å². The third-order valence-electron chi connectivity index (χ3n) is 4.76. The molecule has 0 saturated carbocycles. The third-order valence-corrected chi connectivity index (χ3v) is 4.76. The molecular formula is C23H24O6. The van der Waals surface area contributed by atoms with Crippen LogP contribution in [0.3, 0.4) is 0 Å². The number of ether oxygens (including phenoxy) is 3. The van der Waals surface area contributed by atoms with Crippen LogP contribution < -0.4 is 0 Å². The topological polar surface area (TPSA) is 78.9 Å². The molecule has 6 nitrogen and oxygen atoms in total. The Morgan fingerprint density at radius 3 is 2.00 bits per heavy atom. The Labute approximate surface area is 169 Å². The fraction of sp³-hybridized carbons (Fsp3) is 0.348. The van der Waals surface area contributed by atoms with Gasteiger partial charge in [0.05, 0.1) is 18.4 Å². The van der Waals surface area contributed by atoms with E-state index in [2.05, 4.69) is 16.9 Å². The molecule has 1 unspecified atom stereocenters. The number of carbonyl (C=O) groups excluding carboxylic acids is 3. The van der Waals surface area contributed by atoms with Gasteiger partial charge in [-0.1, -0.05) is 55.5 Å². The predicted molar refractivity (Wildman–Crippen MR) is 106 cm³/mol. The Hall–Kier alpha value is -3.15. The summed E-state index contributed by atoms with van der Waals surface area (Å²) in [4.78, 5) is 35.6. The highest BCUT2D eigenvalue weighted by Gasteiger charge is 2.30.